The first-order valence-electron chi connectivity index (χ1n) is 11.2. The topological polar surface area (TPSA) is 80.7 Å². The Morgan fingerprint density at radius 1 is 1.15 bits per heavy atom. The number of amides is 1. The maximum atomic E-state index is 13.0. The van der Waals surface area contributed by atoms with E-state index in [1.165, 1.54) is 6.07 Å². The molecule has 34 heavy (non-hydrogen) atoms. The molecular weight excluding hydrogens is 444 g/mol. The minimum Gasteiger partial charge on any atom is -0.433 e. The number of piperidine rings is 1. The molecule has 0 unspecified atom stereocenters. The van der Waals surface area contributed by atoms with E-state index in [1.807, 2.05) is 24.3 Å². The molecular formula is C24H25F2N5O3. The van der Waals surface area contributed by atoms with Crippen molar-refractivity contribution in [1.82, 2.24) is 19.9 Å². The summed E-state index contributed by atoms with van der Waals surface area (Å²) in [5, 5.41) is 0. The average molecular weight is 469 g/mol. The van der Waals surface area contributed by atoms with Crippen LogP contribution in [-0.4, -0.2) is 57.3 Å². The summed E-state index contributed by atoms with van der Waals surface area (Å²) in [6.07, 6.45) is 2.20. The predicted molar refractivity (Wildman–Crippen MR) is 120 cm³/mol. The van der Waals surface area contributed by atoms with Crippen LogP contribution in [0, 0.1) is 6.92 Å². The van der Waals surface area contributed by atoms with E-state index in [-0.39, 0.29) is 23.9 Å². The first kappa shape index (κ1) is 22.4. The minimum atomic E-state index is -2.98. The number of hydrogen-bond acceptors (Lipinski definition) is 7. The lowest BCUT2D eigenvalue weighted by molar-refractivity contribution is -0.138. The van der Waals surface area contributed by atoms with Gasteiger partial charge in [-0.2, -0.15) is 8.78 Å². The van der Waals surface area contributed by atoms with Crippen molar-refractivity contribution < 1.29 is 23.0 Å². The summed E-state index contributed by atoms with van der Waals surface area (Å²) in [7, 11) is 0. The van der Waals surface area contributed by atoms with E-state index in [4.69, 9.17) is 9.72 Å². The van der Waals surface area contributed by atoms with Crippen molar-refractivity contribution in [2.75, 3.05) is 18.0 Å². The lowest BCUT2D eigenvalue weighted by Crippen LogP contribution is -2.54. The summed E-state index contributed by atoms with van der Waals surface area (Å²) >= 11 is 0. The zero-order valence-corrected chi connectivity index (χ0v) is 18.9. The van der Waals surface area contributed by atoms with Crippen molar-refractivity contribution in [1.29, 1.82) is 0 Å². The Kier molecular flexibility index (Phi) is 5.76. The van der Waals surface area contributed by atoms with E-state index in [0.717, 1.165) is 16.9 Å². The van der Waals surface area contributed by atoms with E-state index in [2.05, 4.69) is 19.6 Å². The number of aryl methyl sites for hydroxylation is 1. The van der Waals surface area contributed by atoms with Crippen molar-refractivity contribution in [2.45, 2.75) is 51.7 Å². The van der Waals surface area contributed by atoms with E-state index in [9.17, 15) is 13.6 Å². The highest BCUT2D eigenvalue weighted by molar-refractivity contribution is 5.83. The highest BCUT2D eigenvalue weighted by Crippen LogP contribution is 2.40. The molecule has 1 amide bonds. The molecule has 0 bridgehead atoms. The molecule has 0 N–H and O–H groups in total. The van der Waals surface area contributed by atoms with Crippen molar-refractivity contribution in [2.24, 2.45) is 0 Å². The number of para-hydroxylation sites is 2. The van der Waals surface area contributed by atoms with E-state index >= 15 is 0 Å². The van der Waals surface area contributed by atoms with Crippen molar-refractivity contribution in [3.63, 3.8) is 0 Å². The fourth-order valence-corrected chi connectivity index (χ4v) is 4.72. The third kappa shape index (κ3) is 4.13. The molecule has 1 atom stereocenters. The number of carbonyl (C=O) groups is 1. The summed E-state index contributed by atoms with van der Waals surface area (Å²) in [5.74, 6) is 0.544. The summed E-state index contributed by atoms with van der Waals surface area (Å²) in [4.78, 5) is 30.4. The average Bonchev–Trinajstić information content (AvgIpc) is 3.04. The smallest absolute Gasteiger partial charge is 0.387 e. The van der Waals surface area contributed by atoms with Gasteiger partial charge in [-0.05, 0) is 38.1 Å². The Labute approximate surface area is 195 Å². The first-order valence-corrected chi connectivity index (χ1v) is 11.2. The quantitative estimate of drug-likeness (QED) is 0.564. The van der Waals surface area contributed by atoms with Gasteiger partial charge in [0.15, 0.2) is 0 Å². The highest BCUT2D eigenvalue weighted by atomic mass is 19.3. The van der Waals surface area contributed by atoms with E-state index in [1.54, 1.807) is 31.0 Å². The molecule has 10 heteroatoms. The molecule has 1 aromatic carbocycles. The van der Waals surface area contributed by atoms with Crippen LogP contribution in [0.1, 0.15) is 31.2 Å². The van der Waals surface area contributed by atoms with Gasteiger partial charge in [-0.1, -0.05) is 12.1 Å². The van der Waals surface area contributed by atoms with Crippen LogP contribution in [0.25, 0.3) is 11.0 Å². The summed E-state index contributed by atoms with van der Waals surface area (Å²) in [5.41, 5.74) is 1.74. The number of halogens is 2. The molecule has 0 aliphatic carbocycles. The second-order valence-corrected chi connectivity index (χ2v) is 8.61. The van der Waals surface area contributed by atoms with Gasteiger partial charge in [0.05, 0.1) is 23.8 Å². The molecule has 0 saturated carbocycles. The summed E-state index contributed by atoms with van der Waals surface area (Å²) in [6.45, 7) is 1.73. The third-order valence-corrected chi connectivity index (χ3v) is 6.40. The second-order valence-electron chi connectivity index (χ2n) is 8.61. The number of rotatable bonds is 5. The number of benzene rings is 1. The number of aromatic nitrogens is 3. The Hall–Kier alpha value is -3.40. The number of ether oxygens (including phenoxy) is 2. The monoisotopic (exact) mass is 469 g/mol. The summed E-state index contributed by atoms with van der Waals surface area (Å²) < 4.78 is 36.7. The maximum Gasteiger partial charge on any atom is 0.387 e. The van der Waals surface area contributed by atoms with Crippen LogP contribution in [0.4, 0.5) is 14.6 Å². The normalized spacial score (nSPS) is 20.0. The highest BCUT2D eigenvalue weighted by Gasteiger charge is 2.52. The molecule has 2 aliphatic heterocycles. The van der Waals surface area contributed by atoms with Gasteiger partial charge in [0, 0.05) is 31.6 Å². The minimum absolute atomic E-state index is 0.0304. The molecule has 2 fully saturated rings. The number of alkyl halides is 2. The second kappa shape index (κ2) is 8.75. The van der Waals surface area contributed by atoms with E-state index < -0.39 is 18.4 Å². The number of hydrogen-bond donors (Lipinski definition) is 0. The predicted octanol–water partition coefficient (Wildman–Crippen LogP) is 3.68. The van der Waals surface area contributed by atoms with Gasteiger partial charge in [-0.3, -0.25) is 14.8 Å². The summed E-state index contributed by atoms with van der Waals surface area (Å²) in [6, 6.07) is 10.8. The lowest BCUT2D eigenvalue weighted by Gasteiger charge is -2.43. The number of anilines is 1. The van der Waals surface area contributed by atoms with Gasteiger partial charge >= 0.3 is 6.61 Å². The molecule has 0 radical (unpaired) electrons. The van der Waals surface area contributed by atoms with Crippen LogP contribution in [0.2, 0.25) is 0 Å². The third-order valence-electron chi connectivity index (χ3n) is 6.40. The lowest BCUT2D eigenvalue weighted by atomic mass is 9.98. The Morgan fingerprint density at radius 3 is 2.62 bits per heavy atom. The fraction of sp³-hybridized carbons (Fsp3) is 0.417. The molecule has 1 spiro atoms. The number of pyridine rings is 1. The molecule has 2 aliphatic rings. The number of nitrogens with zero attached hydrogens (tertiary/aromatic N) is 5. The first-order chi connectivity index (χ1) is 16.3. The van der Waals surface area contributed by atoms with Crippen molar-refractivity contribution in [3.05, 3.63) is 54.0 Å². The zero-order chi connectivity index (χ0) is 23.9. The molecule has 2 aromatic heterocycles. The maximum absolute atomic E-state index is 13.0. The fourth-order valence-electron chi connectivity index (χ4n) is 4.72. The number of carbonyl (C=O) groups excluding carboxylic acids is 1. The largest absolute Gasteiger partial charge is 0.433 e. The Morgan fingerprint density at radius 2 is 1.88 bits per heavy atom. The Bertz CT molecular complexity index is 1220. The van der Waals surface area contributed by atoms with Crippen molar-refractivity contribution >= 4 is 22.8 Å². The van der Waals surface area contributed by atoms with Gasteiger partial charge in [0.1, 0.15) is 29.1 Å². The van der Waals surface area contributed by atoms with E-state index in [0.29, 0.717) is 31.6 Å². The zero-order valence-electron chi connectivity index (χ0n) is 18.9. The standard InChI is InChI=1S/C24H25F2N5O3/c1-15-7-8-20(33-23(25)26)19(28-15)14-31-22(32)16(2)34-24(31)9-11-30(12-10-24)21-13-27-17-5-3-4-6-18(17)29-21/h3-8,13,16,23H,9-12,14H2,1-2H3/t16-/m1/s1. The number of fused-ring (bicyclic) bond motifs is 1. The van der Waals surface area contributed by atoms with Gasteiger partial charge in [-0.25, -0.2) is 4.98 Å². The molecule has 178 valence electrons. The van der Waals surface area contributed by atoms with Gasteiger partial charge in [0.2, 0.25) is 0 Å². The SMILES string of the molecule is Cc1ccc(OC(F)F)c(CN2C(=O)[C@@H](C)OC23CCN(c2cnc4ccccc4n2)CC3)n1. The molecule has 5 rings (SSSR count). The van der Waals surface area contributed by atoms with Crippen LogP contribution >= 0.6 is 0 Å². The molecule has 8 nitrogen and oxygen atoms in total. The molecule has 4 heterocycles. The van der Waals surface area contributed by atoms with Crippen LogP contribution < -0.4 is 9.64 Å². The van der Waals surface area contributed by atoms with Gasteiger partial charge in [-0.15, -0.1) is 0 Å². The van der Waals surface area contributed by atoms with Gasteiger partial charge < -0.3 is 19.3 Å². The van der Waals surface area contributed by atoms with Crippen molar-refractivity contribution in [3.8, 4) is 5.75 Å². The van der Waals surface area contributed by atoms with Gasteiger partial charge in [0.25, 0.3) is 5.91 Å². The van der Waals surface area contributed by atoms with Crippen LogP contribution in [0.5, 0.6) is 5.75 Å². The van der Waals surface area contributed by atoms with Crippen LogP contribution in [0.15, 0.2) is 42.6 Å². The van der Waals surface area contributed by atoms with Crippen LogP contribution in [-0.2, 0) is 16.1 Å². The molecule has 2 saturated heterocycles. The Balaban J connectivity index is 1.37. The van der Waals surface area contributed by atoms with Crippen LogP contribution in [0.3, 0.4) is 0 Å². The molecule has 3 aromatic rings.